The second kappa shape index (κ2) is 9.64. The van der Waals surface area contributed by atoms with E-state index in [0.29, 0.717) is 5.56 Å². The van der Waals surface area contributed by atoms with Gasteiger partial charge in [0.25, 0.3) is 5.91 Å². The fourth-order valence-electron chi connectivity index (χ4n) is 3.30. The first-order valence-electron chi connectivity index (χ1n) is 9.75. The molecule has 148 valence electrons. The first kappa shape index (κ1) is 20.3. The van der Waals surface area contributed by atoms with Crippen molar-refractivity contribution >= 4 is 34.4 Å². The van der Waals surface area contributed by atoms with Crippen LogP contribution in [-0.4, -0.2) is 41.0 Å². The lowest BCUT2D eigenvalue weighted by Crippen LogP contribution is -2.30. The number of aromatic amines is 1. The van der Waals surface area contributed by atoms with Crippen molar-refractivity contribution < 1.29 is 4.79 Å². The summed E-state index contributed by atoms with van der Waals surface area (Å²) in [5, 5.41) is 3.16. The number of carbonyl (C=O) groups is 1. The maximum Gasteiger partial charge on any atom is 0.251 e. The molecule has 28 heavy (non-hydrogen) atoms. The van der Waals surface area contributed by atoms with Gasteiger partial charge in [-0.05, 0) is 68.7 Å². The van der Waals surface area contributed by atoms with Gasteiger partial charge in [0.1, 0.15) is 5.82 Å². The Morgan fingerprint density at radius 2 is 1.86 bits per heavy atom. The van der Waals surface area contributed by atoms with Gasteiger partial charge in [0.05, 0.1) is 17.1 Å². The standard InChI is InChI=1S/C22H28N4OS/c1-4-26(5-2)17-12-10-16(11-13-17)22(27)25-20(14-15-28-3)21-23-18-8-6-7-9-19(18)24-21/h6-13,20H,4-5,14-15H2,1-3H3,(H,23,24)(H,25,27)/t20-/m1/s1. The molecule has 3 aromatic rings. The Bertz CT molecular complexity index is 869. The number of hydrogen-bond acceptors (Lipinski definition) is 4. The van der Waals surface area contributed by atoms with Crippen molar-refractivity contribution in [2.45, 2.75) is 26.3 Å². The lowest BCUT2D eigenvalue weighted by Gasteiger charge is -2.21. The molecule has 0 bridgehead atoms. The fraction of sp³-hybridized carbons (Fsp3) is 0.364. The van der Waals surface area contributed by atoms with Crippen molar-refractivity contribution in [2.75, 3.05) is 30.0 Å². The predicted octanol–water partition coefficient (Wildman–Crippen LogP) is 4.63. The molecule has 0 unspecified atom stereocenters. The number of benzene rings is 2. The first-order valence-corrected chi connectivity index (χ1v) is 11.1. The zero-order chi connectivity index (χ0) is 19.9. The van der Waals surface area contributed by atoms with Gasteiger partial charge in [-0.3, -0.25) is 4.79 Å². The van der Waals surface area contributed by atoms with Crippen molar-refractivity contribution in [3.05, 3.63) is 59.9 Å². The monoisotopic (exact) mass is 396 g/mol. The SMILES string of the molecule is CCN(CC)c1ccc(C(=O)N[C@H](CCSC)c2nc3ccccc3[nH]2)cc1. The molecule has 0 fully saturated rings. The van der Waals surface area contributed by atoms with Crippen molar-refractivity contribution in [3.63, 3.8) is 0 Å². The fourth-order valence-corrected chi connectivity index (χ4v) is 3.78. The van der Waals surface area contributed by atoms with Gasteiger partial charge in [-0.2, -0.15) is 11.8 Å². The van der Waals surface area contributed by atoms with Crippen molar-refractivity contribution in [1.29, 1.82) is 0 Å². The number of carbonyl (C=O) groups excluding carboxylic acids is 1. The summed E-state index contributed by atoms with van der Waals surface area (Å²) in [4.78, 5) is 23.2. The van der Waals surface area contributed by atoms with Crippen LogP contribution in [0.3, 0.4) is 0 Å². The number of rotatable bonds is 9. The molecule has 1 heterocycles. The Labute approximate surface area is 170 Å². The Kier molecular flexibility index (Phi) is 6.98. The normalized spacial score (nSPS) is 12.1. The lowest BCUT2D eigenvalue weighted by molar-refractivity contribution is 0.0934. The molecule has 6 heteroatoms. The Balaban J connectivity index is 1.77. The third-order valence-electron chi connectivity index (χ3n) is 4.91. The second-order valence-electron chi connectivity index (χ2n) is 6.67. The average Bonchev–Trinajstić information content (AvgIpc) is 3.16. The number of nitrogens with one attached hydrogen (secondary N) is 2. The molecule has 1 atom stereocenters. The van der Waals surface area contributed by atoms with E-state index in [-0.39, 0.29) is 11.9 Å². The van der Waals surface area contributed by atoms with E-state index in [2.05, 4.69) is 40.3 Å². The highest BCUT2D eigenvalue weighted by Crippen LogP contribution is 2.21. The molecule has 1 aromatic heterocycles. The van der Waals surface area contributed by atoms with Crippen LogP contribution in [0, 0.1) is 0 Å². The van der Waals surface area contributed by atoms with Gasteiger partial charge in [0.15, 0.2) is 0 Å². The van der Waals surface area contributed by atoms with Gasteiger partial charge in [0, 0.05) is 24.3 Å². The molecule has 2 aromatic carbocycles. The molecule has 0 aliphatic heterocycles. The Hall–Kier alpha value is -2.47. The van der Waals surface area contributed by atoms with E-state index in [1.165, 1.54) is 0 Å². The van der Waals surface area contributed by atoms with Gasteiger partial charge < -0.3 is 15.2 Å². The predicted molar refractivity (Wildman–Crippen MR) is 119 cm³/mol. The Morgan fingerprint density at radius 3 is 2.50 bits per heavy atom. The summed E-state index contributed by atoms with van der Waals surface area (Å²) in [6, 6.07) is 15.6. The number of fused-ring (bicyclic) bond motifs is 1. The molecule has 0 saturated carbocycles. The zero-order valence-corrected chi connectivity index (χ0v) is 17.6. The van der Waals surface area contributed by atoms with Gasteiger partial charge >= 0.3 is 0 Å². The number of amides is 1. The number of hydrogen-bond donors (Lipinski definition) is 2. The number of anilines is 1. The summed E-state index contributed by atoms with van der Waals surface area (Å²) in [5.74, 6) is 1.68. The number of H-pyrrole nitrogens is 1. The molecule has 1 amide bonds. The van der Waals surface area contributed by atoms with Crippen LogP contribution in [0.1, 0.15) is 42.5 Å². The molecule has 0 spiro atoms. The van der Waals surface area contributed by atoms with Crippen molar-refractivity contribution in [3.8, 4) is 0 Å². The molecular formula is C22H28N4OS. The number of imidazole rings is 1. The quantitative estimate of drug-likeness (QED) is 0.553. The van der Waals surface area contributed by atoms with Crippen LogP contribution in [0.15, 0.2) is 48.5 Å². The average molecular weight is 397 g/mol. The van der Waals surface area contributed by atoms with Gasteiger partial charge in [-0.15, -0.1) is 0 Å². The molecule has 3 rings (SSSR count). The Morgan fingerprint density at radius 1 is 1.14 bits per heavy atom. The second-order valence-corrected chi connectivity index (χ2v) is 7.65. The minimum atomic E-state index is -0.144. The van der Waals surface area contributed by atoms with Crippen LogP contribution < -0.4 is 10.2 Å². The summed E-state index contributed by atoms with van der Waals surface area (Å²) in [7, 11) is 0. The maximum absolute atomic E-state index is 12.9. The number of aromatic nitrogens is 2. The van der Waals surface area contributed by atoms with Crippen molar-refractivity contribution in [2.24, 2.45) is 0 Å². The zero-order valence-electron chi connectivity index (χ0n) is 16.7. The third-order valence-corrected chi connectivity index (χ3v) is 5.56. The van der Waals surface area contributed by atoms with Gasteiger partial charge in [0.2, 0.25) is 0 Å². The highest BCUT2D eigenvalue weighted by atomic mass is 32.2. The van der Waals surface area contributed by atoms with Crippen molar-refractivity contribution in [1.82, 2.24) is 15.3 Å². The molecule has 0 saturated heterocycles. The van der Waals surface area contributed by atoms with Crippen LogP contribution in [0.2, 0.25) is 0 Å². The van der Waals surface area contributed by atoms with Crippen LogP contribution in [-0.2, 0) is 0 Å². The molecular weight excluding hydrogens is 368 g/mol. The smallest absolute Gasteiger partial charge is 0.251 e. The molecule has 0 aliphatic rings. The van der Waals surface area contributed by atoms with E-state index >= 15 is 0 Å². The summed E-state index contributed by atoms with van der Waals surface area (Å²) in [6.07, 6.45) is 2.90. The summed E-state index contributed by atoms with van der Waals surface area (Å²) in [5.41, 5.74) is 3.72. The van der Waals surface area contributed by atoms with Crippen LogP contribution in [0.4, 0.5) is 5.69 Å². The summed E-state index contributed by atoms with van der Waals surface area (Å²) < 4.78 is 0. The first-order chi connectivity index (χ1) is 13.7. The van der Waals surface area contributed by atoms with Crippen LogP contribution in [0.5, 0.6) is 0 Å². The highest BCUT2D eigenvalue weighted by molar-refractivity contribution is 7.98. The minimum absolute atomic E-state index is 0.0716. The molecule has 0 aliphatic carbocycles. The van der Waals surface area contributed by atoms with E-state index in [0.717, 1.165) is 47.8 Å². The molecule has 2 N–H and O–H groups in total. The van der Waals surface area contributed by atoms with Gasteiger partial charge in [-0.25, -0.2) is 4.98 Å². The van der Waals surface area contributed by atoms with E-state index < -0.39 is 0 Å². The largest absolute Gasteiger partial charge is 0.372 e. The molecule has 5 nitrogen and oxygen atoms in total. The topological polar surface area (TPSA) is 61.0 Å². The number of thioether (sulfide) groups is 1. The third kappa shape index (κ3) is 4.68. The maximum atomic E-state index is 12.9. The number of para-hydroxylation sites is 2. The van der Waals surface area contributed by atoms with Crippen LogP contribution >= 0.6 is 11.8 Å². The van der Waals surface area contributed by atoms with Gasteiger partial charge in [-0.1, -0.05) is 12.1 Å². The summed E-state index contributed by atoms with van der Waals surface area (Å²) in [6.45, 7) is 6.16. The highest BCUT2D eigenvalue weighted by Gasteiger charge is 2.19. The summed E-state index contributed by atoms with van der Waals surface area (Å²) >= 11 is 1.77. The molecule has 0 radical (unpaired) electrons. The van der Waals surface area contributed by atoms with E-state index in [4.69, 9.17) is 0 Å². The number of nitrogens with zero attached hydrogens (tertiary/aromatic N) is 2. The van der Waals surface area contributed by atoms with Crippen LogP contribution in [0.25, 0.3) is 11.0 Å². The van der Waals surface area contributed by atoms with E-state index in [1.54, 1.807) is 11.8 Å². The van der Waals surface area contributed by atoms with E-state index in [9.17, 15) is 4.79 Å². The minimum Gasteiger partial charge on any atom is -0.372 e. The van der Waals surface area contributed by atoms with E-state index in [1.807, 2.05) is 48.5 Å². The lowest BCUT2D eigenvalue weighted by atomic mass is 10.1.